The van der Waals surface area contributed by atoms with Crippen LogP contribution in [0.2, 0.25) is 0 Å². The number of benzene rings is 1. The molecule has 6 nitrogen and oxygen atoms in total. The summed E-state index contributed by atoms with van der Waals surface area (Å²) in [6, 6.07) is 8.74. The number of para-hydroxylation sites is 1. The maximum atomic E-state index is 13.2. The van der Waals surface area contributed by atoms with Crippen LogP contribution in [-0.2, 0) is 22.7 Å². The first-order valence-corrected chi connectivity index (χ1v) is 10.5. The Morgan fingerprint density at radius 2 is 2.07 bits per heavy atom. The fourth-order valence-corrected chi connectivity index (χ4v) is 4.24. The molecule has 28 heavy (non-hydrogen) atoms. The van der Waals surface area contributed by atoms with Gasteiger partial charge in [-0.2, -0.15) is 0 Å². The van der Waals surface area contributed by atoms with Crippen LogP contribution in [-0.4, -0.2) is 47.0 Å². The van der Waals surface area contributed by atoms with E-state index in [0.717, 1.165) is 50.8 Å². The Kier molecular flexibility index (Phi) is 5.67. The minimum atomic E-state index is -0.0109. The molecule has 0 spiro atoms. The molecule has 2 heterocycles. The second-order valence-electron chi connectivity index (χ2n) is 8.09. The van der Waals surface area contributed by atoms with E-state index in [0.29, 0.717) is 25.0 Å². The zero-order valence-electron chi connectivity index (χ0n) is 16.6. The number of nitrogens with one attached hydrogen (secondary N) is 2. The van der Waals surface area contributed by atoms with Gasteiger partial charge in [0, 0.05) is 56.2 Å². The molecule has 6 heteroatoms. The Morgan fingerprint density at radius 3 is 2.79 bits per heavy atom. The molecule has 1 aromatic heterocycles. The van der Waals surface area contributed by atoms with Crippen molar-refractivity contribution in [2.45, 2.75) is 51.7 Å². The van der Waals surface area contributed by atoms with Crippen molar-refractivity contribution in [2.75, 3.05) is 19.6 Å². The first kappa shape index (κ1) is 19.0. The van der Waals surface area contributed by atoms with Gasteiger partial charge in [-0.3, -0.25) is 9.59 Å². The quantitative estimate of drug-likeness (QED) is 0.772. The van der Waals surface area contributed by atoms with Gasteiger partial charge in [0.05, 0.1) is 5.92 Å². The molecule has 1 saturated carbocycles. The van der Waals surface area contributed by atoms with Crippen molar-refractivity contribution in [2.24, 2.45) is 5.92 Å². The highest BCUT2D eigenvalue weighted by molar-refractivity contribution is 5.85. The summed E-state index contributed by atoms with van der Waals surface area (Å²) in [5.41, 5.74) is 2.35. The molecule has 0 radical (unpaired) electrons. The zero-order valence-corrected chi connectivity index (χ0v) is 16.6. The fraction of sp³-hybridized carbons (Fsp3) is 0.545. The van der Waals surface area contributed by atoms with Gasteiger partial charge in [0.1, 0.15) is 0 Å². The molecule has 1 aliphatic heterocycles. The summed E-state index contributed by atoms with van der Waals surface area (Å²) in [5.74, 6) is 0.413. The SMILES string of the molecule is CC(=O)NCCn1cc(CN(C(=O)[C@@H]2CCCNC2)C2CC2)c2ccccc21. The lowest BCUT2D eigenvalue weighted by Crippen LogP contribution is -2.43. The standard InChI is InChI=1S/C22H30N4O2/c1-16(27)24-11-12-25-14-18(20-6-2-3-7-21(20)25)15-26(19-8-9-19)22(28)17-5-4-10-23-13-17/h2-3,6-7,14,17,19,23H,4-5,8-13,15H2,1H3,(H,24,27)/t17-/m1/s1. The van der Waals surface area contributed by atoms with Crippen LogP contribution in [0, 0.1) is 5.92 Å². The number of fused-ring (bicyclic) bond motifs is 1. The Bertz CT molecular complexity index is 849. The molecule has 0 unspecified atom stereocenters. The van der Waals surface area contributed by atoms with Crippen molar-refractivity contribution >= 4 is 22.7 Å². The summed E-state index contributed by atoms with van der Waals surface area (Å²) in [5, 5.41) is 7.44. The van der Waals surface area contributed by atoms with Gasteiger partial charge in [-0.25, -0.2) is 0 Å². The van der Waals surface area contributed by atoms with Crippen LogP contribution in [0.25, 0.3) is 10.9 Å². The van der Waals surface area contributed by atoms with E-state index in [9.17, 15) is 9.59 Å². The third kappa shape index (κ3) is 4.22. The van der Waals surface area contributed by atoms with Gasteiger partial charge in [0.25, 0.3) is 0 Å². The summed E-state index contributed by atoms with van der Waals surface area (Å²) < 4.78 is 2.19. The van der Waals surface area contributed by atoms with Gasteiger partial charge in [-0.1, -0.05) is 18.2 Å². The minimum absolute atomic E-state index is 0.0109. The van der Waals surface area contributed by atoms with Gasteiger partial charge >= 0.3 is 0 Å². The van der Waals surface area contributed by atoms with E-state index in [1.165, 1.54) is 10.9 Å². The number of carbonyl (C=O) groups excluding carboxylic acids is 2. The lowest BCUT2D eigenvalue weighted by molar-refractivity contribution is -0.137. The van der Waals surface area contributed by atoms with E-state index in [2.05, 4.69) is 44.5 Å². The van der Waals surface area contributed by atoms with Crippen LogP contribution < -0.4 is 10.6 Å². The first-order chi connectivity index (χ1) is 13.6. The van der Waals surface area contributed by atoms with Crippen LogP contribution in [0.3, 0.4) is 0 Å². The van der Waals surface area contributed by atoms with Crippen LogP contribution >= 0.6 is 0 Å². The van der Waals surface area contributed by atoms with E-state index < -0.39 is 0 Å². The number of carbonyl (C=O) groups is 2. The molecule has 4 rings (SSSR count). The minimum Gasteiger partial charge on any atom is -0.355 e. The molecule has 2 aromatic rings. The molecule has 1 saturated heterocycles. The van der Waals surface area contributed by atoms with E-state index >= 15 is 0 Å². The second-order valence-corrected chi connectivity index (χ2v) is 8.09. The molecule has 2 amide bonds. The van der Waals surface area contributed by atoms with Crippen molar-refractivity contribution in [1.82, 2.24) is 20.1 Å². The third-order valence-electron chi connectivity index (χ3n) is 5.86. The van der Waals surface area contributed by atoms with Crippen LogP contribution in [0.4, 0.5) is 0 Å². The molecular formula is C22H30N4O2. The first-order valence-electron chi connectivity index (χ1n) is 10.5. The lowest BCUT2D eigenvalue weighted by Gasteiger charge is -2.29. The highest BCUT2D eigenvalue weighted by atomic mass is 16.2. The maximum Gasteiger partial charge on any atom is 0.227 e. The lowest BCUT2D eigenvalue weighted by atomic mass is 9.97. The molecule has 2 N–H and O–H groups in total. The van der Waals surface area contributed by atoms with E-state index in [-0.39, 0.29) is 11.8 Å². The summed E-state index contributed by atoms with van der Waals surface area (Å²) in [6.07, 6.45) is 6.47. The molecule has 2 aliphatic rings. The maximum absolute atomic E-state index is 13.2. The summed E-state index contributed by atoms with van der Waals surface area (Å²) in [7, 11) is 0. The molecule has 1 aromatic carbocycles. The average Bonchev–Trinajstić information content (AvgIpc) is 3.49. The van der Waals surface area contributed by atoms with Gasteiger partial charge in [-0.05, 0) is 43.9 Å². The molecule has 150 valence electrons. The molecule has 1 atom stereocenters. The van der Waals surface area contributed by atoms with Crippen molar-refractivity contribution in [3.8, 4) is 0 Å². The highest BCUT2D eigenvalue weighted by Gasteiger charge is 2.36. The Labute approximate surface area is 166 Å². The van der Waals surface area contributed by atoms with Gasteiger partial charge < -0.3 is 20.1 Å². The van der Waals surface area contributed by atoms with Gasteiger partial charge in [0.15, 0.2) is 0 Å². The number of hydrogen-bond donors (Lipinski definition) is 2. The van der Waals surface area contributed by atoms with E-state index in [1.807, 2.05) is 6.07 Å². The summed E-state index contributed by atoms with van der Waals surface area (Å²) >= 11 is 0. The number of hydrogen-bond acceptors (Lipinski definition) is 3. The van der Waals surface area contributed by atoms with Crippen LogP contribution in [0.1, 0.15) is 38.2 Å². The van der Waals surface area contributed by atoms with Crippen LogP contribution in [0.5, 0.6) is 0 Å². The Hall–Kier alpha value is -2.34. The number of aromatic nitrogens is 1. The Balaban J connectivity index is 1.55. The van der Waals surface area contributed by atoms with Gasteiger partial charge in [-0.15, -0.1) is 0 Å². The largest absolute Gasteiger partial charge is 0.355 e. The van der Waals surface area contributed by atoms with Crippen LogP contribution in [0.15, 0.2) is 30.5 Å². The number of rotatable bonds is 7. The third-order valence-corrected chi connectivity index (χ3v) is 5.86. The summed E-state index contributed by atoms with van der Waals surface area (Å²) in [4.78, 5) is 26.5. The van der Waals surface area contributed by atoms with Crippen molar-refractivity contribution in [1.29, 1.82) is 0 Å². The normalized spacial score (nSPS) is 19.5. The van der Waals surface area contributed by atoms with Crippen molar-refractivity contribution < 1.29 is 9.59 Å². The zero-order chi connectivity index (χ0) is 19.5. The second kappa shape index (κ2) is 8.35. The predicted octanol–water partition coefficient (Wildman–Crippen LogP) is 2.27. The highest BCUT2D eigenvalue weighted by Crippen LogP contribution is 2.32. The van der Waals surface area contributed by atoms with Crippen molar-refractivity contribution in [3.05, 3.63) is 36.0 Å². The molecule has 1 aliphatic carbocycles. The number of nitrogens with zero attached hydrogens (tertiary/aromatic N) is 2. The average molecular weight is 383 g/mol. The summed E-state index contributed by atoms with van der Waals surface area (Å²) in [6.45, 7) is 5.37. The van der Waals surface area contributed by atoms with E-state index in [1.54, 1.807) is 6.92 Å². The smallest absolute Gasteiger partial charge is 0.227 e. The monoisotopic (exact) mass is 382 g/mol. The fourth-order valence-electron chi connectivity index (χ4n) is 4.24. The predicted molar refractivity (Wildman–Crippen MR) is 110 cm³/mol. The van der Waals surface area contributed by atoms with Crippen molar-refractivity contribution in [3.63, 3.8) is 0 Å². The van der Waals surface area contributed by atoms with Gasteiger partial charge in [0.2, 0.25) is 11.8 Å². The Morgan fingerprint density at radius 1 is 1.25 bits per heavy atom. The van der Waals surface area contributed by atoms with E-state index in [4.69, 9.17) is 0 Å². The molecular weight excluding hydrogens is 352 g/mol. The topological polar surface area (TPSA) is 66.4 Å². The number of amides is 2. The molecule has 0 bridgehead atoms. The number of piperidine rings is 1. The molecule has 2 fully saturated rings.